The molecule has 3 aromatic rings. The van der Waals surface area contributed by atoms with Gasteiger partial charge < -0.3 is 39.1 Å². The first-order valence-corrected chi connectivity index (χ1v) is 32.7. The highest BCUT2D eigenvalue weighted by Crippen LogP contribution is 2.65. The van der Waals surface area contributed by atoms with Crippen LogP contribution < -0.4 is 24.8 Å². The molecule has 13 nitrogen and oxygen atoms in total. The summed E-state index contributed by atoms with van der Waals surface area (Å²) in [4.78, 5) is 67.5. The van der Waals surface area contributed by atoms with Gasteiger partial charge >= 0.3 is 30.1 Å². The van der Waals surface area contributed by atoms with E-state index in [1.54, 1.807) is 0 Å². The molecule has 84 heavy (non-hydrogen) atoms. The van der Waals surface area contributed by atoms with Crippen LogP contribution in [0.3, 0.4) is 0 Å². The molecule has 2 amide bonds. The lowest BCUT2D eigenvalue weighted by Gasteiger charge is -2.50. The van der Waals surface area contributed by atoms with Crippen molar-refractivity contribution in [3.05, 3.63) is 88.0 Å². The monoisotopic (exact) mass is 1150 g/mol. The third kappa shape index (κ3) is 11.0. The molecule has 0 bridgehead atoms. The first-order valence-electron chi connectivity index (χ1n) is 32.7. The van der Waals surface area contributed by atoms with E-state index in [1.165, 1.54) is 53.1 Å². The van der Waals surface area contributed by atoms with Gasteiger partial charge in [-0.2, -0.15) is 0 Å². The maximum absolute atomic E-state index is 14.3. The topological polar surface area (TPSA) is 165 Å². The lowest BCUT2D eigenvalue weighted by molar-refractivity contribution is -0.160. The number of aryl methyl sites for hydroxylation is 3. The number of carbonyl (C=O) groups is 5. The number of benzene rings is 3. The van der Waals surface area contributed by atoms with Crippen LogP contribution in [0.15, 0.2) is 54.6 Å². The van der Waals surface area contributed by atoms with Gasteiger partial charge in [0, 0.05) is 24.9 Å². The molecule has 9 aliphatic carbocycles. The Hall–Kier alpha value is -5.43. The van der Waals surface area contributed by atoms with E-state index in [4.69, 9.17) is 28.4 Å². The van der Waals surface area contributed by atoms with Crippen molar-refractivity contribution >= 4 is 30.1 Å². The van der Waals surface area contributed by atoms with Crippen LogP contribution in [0.1, 0.15) is 216 Å². The standard InChI is InChI=1S/C71H94N2O11/c1-39(2)34-60(73-68(78)84-64-27-24-59-56-17-10-42-36-45(80-41(5)74)13-19-48(42)53(56)30-33-71(59,64)8)65(75)81-46-14-20-49-43(37-46)11-18-55-52(49)29-32-70(7)58(55)23-26-63(70)83-66(76)61(35-40(3)4)72-67(77)82-47-15-21-50-44(38-47)12-16-54-51(50)28-31-69(6)57(54)22-25-62(69)79-9/h13-15,19-21,36-40,51-64H,10-12,16-18,22-35H2,1-9H3,(H,72,77)(H,73,78)/t51?,52?,53?,54?,55?,56?,57?,58?,59?,60-,61+,62-,63-,64-,69-,70-,71-/m0/s1. The van der Waals surface area contributed by atoms with E-state index in [0.717, 1.165) is 103 Å². The van der Waals surface area contributed by atoms with Crippen LogP contribution in [0.25, 0.3) is 0 Å². The second-order valence-electron chi connectivity index (χ2n) is 29.3. The second-order valence-corrected chi connectivity index (χ2v) is 29.3. The summed E-state index contributed by atoms with van der Waals surface area (Å²) in [7, 11) is 1.88. The van der Waals surface area contributed by atoms with E-state index in [2.05, 4.69) is 69.5 Å². The van der Waals surface area contributed by atoms with Crippen molar-refractivity contribution in [2.24, 2.45) is 63.6 Å². The number of hydrogen-bond acceptors (Lipinski definition) is 11. The summed E-state index contributed by atoms with van der Waals surface area (Å²) in [6.07, 6.45) is 17.6. The highest BCUT2D eigenvalue weighted by Gasteiger charge is 2.59. The highest BCUT2D eigenvalue weighted by atomic mass is 16.6. The van der Waals surface area contributed by atoms with Crippen molar-refractivity contribution in [3.63, 3.8) is 0 Å². The van der Waals surface area contributed by atoms with Gasteiger partial charge in [0.25, 0.3) is 0 Å². The smallest absolute Gasteiger partial charge is 0.413 e. The zero-order chi connectivity index (χ0) is 59.0. The van der Waals surface area contributed by atoms with Crippen molar-refractivity contribution < 1.29 is 52.4 Å². The predicted octanol–water partition coefficient (Wildman–Crippen LogP) is 14.4. The largest absolute Gasteiger partial charge is 0.460 e. The Balaban J connectivity index is 0.636. The summed E-state index contributed by atoms with van der Waals surface area (Å²) < 4.78 is 36.3. The molecule has 454 valence electrons. The number of hydrogen-bond donors (Lipinski definition) is 2. The van der Waals surface area contributed by atoms with Gasteiger partial charge in [-0.1, -0.05) is 66.7 Å². The molecule has 17 atom stereocenters. The van der Waals surface area contributed by atoms with Gasteiger partial charge in [-0.15, -0.1) is 0 Å². The number of methoxy groups -OCH3 is 1. The number of ether oxygens (including phenoxy) is 6. The molecule has 2 N–H and O–H groups in total. The Kier molecular flexibility index (Phi) is 16.4. The normalized spacial score (nSPS) is 34.8. The molecule has 0 spiro atoms. The molecule has 0 saturated heterocycles. The van der Waals surface area contributed by atoms with Crippen molar-refractivity contribution in [2.45, 2.75) is 232 Å². The average molecular weight is 1150 g/mol. The molecule has 0 heterocycles. The molecular weight excluding hydrogens is 1060 g/mol. The second kappa shape index (κ2) is 23.3. The fraction of sp³-hybridized carbons (Fsp3) is 0.676. The third-order valence-electron chi connectivity index (χ3n) is 23.9. The molecule has 9 aliphatic rings. The van der Waals surface area contributed by atoms with Crippen LogP contribution in [-0.2, 0) is 47.9 Å². The van der Waals surface area contributed by atoms with Crippen LogP contribution in [0, 0.1) is 63.6 Å². The Morgan fingerprint density at radius 2 is 0.869 bits per heavy atom. The molecule has 9 unspecified atom stereocenters. The Bertz CT molecular complexity index is 3010. The average Bonchev–Trinajstić information content (AvgIpc) is 2.75. The summed E-state index contributed by atoms with van der Waals surface area (Å²) in [6.45, 7) is 16.7. The molecule has 0 aromatic heterocycles. The summed E-state index contributed by atoms with van der Waals surface area (Å²) in [5, 5.41) is 5.90. The van der Waals surface area contributed by atoms with Crippen LogP contribution >= 0.6 is 0 Å². The third-order valence-corrected chi connectivity index (χ3v) is 23.9. The van der Waals surface area contributed by atoms with Crippen LogP contribution in [0.4, 0.5) is 9.59 Å². The SMILES string of the molecule is CO[C@H]1CCC2C3CCc4cc(OC(=O)N[C@H](CC(C)C)C(=O)O[C@H]5CCC6C7CCc8cc(OC(=O)[C@H](CC(C)C)NC(=O)O[C@H]9CCC%10C%11CCc%12cc(OC(C)=O)ccc%12C%11CC[C@@]%109C)ccc8C7CC[C@@]65C)ccc4C3CC[C@@]21C. The first kappa shape index (κ1) is 58.9. The predicted molar refractivity (Wildman–Crippen MR) is 320 cm³/mol. The maximum atomic E-state index is 14.3. The summed E-state index contributed by atoms with van der Waals surface area (Å²) in [6, 6.07) is 16.7. The molecule has 3 aromatic carbocycles. The highest BCUT2D eigenvalue weighted by molar-refractivity contribution is 5.83. The van der Waals surface area contributed by atoms with Crippen LogP contribution in [0.5, 0.6) is 17.2 Å². The summed E-state index contributed by atoms with van der Waals surface area (Å²) in [5.41, 5.74) is 7.74. The van der Waals surface area contributed by atoms with Gasteiger partial charge in [-0.3, -0.25) is 4.79 Å². The number of carbonyl (C=O) groups excluding carboxylic acids is 5. The first-order chi connectivity index (χ1) is 40.2. The van der Waals surface area contributed by atoms with Crippen LogP contribution in [0.2, 0.25) is 0 Å². The van der Waals surface area contributed by atoms with E-state index >= 15 is 0 Å². The lowest BCUT2D eigenvalue weighted by Crippen LogP contribution is -2.49. The minimum atomic E-state index is -0.865. The Morgan fingerprint density at radius 3 is 1.31 bits per heavy atom. The van der Waals surface area contributed by atoms with Crippen LogP contribution in [-0.4, -0.2) is 67.6 Å². The van der Waals surface area contributed by atoms with E-state index in [1.807, 2.05) is 51.3 Å². The maximum Gasteiger partial charge on any atom is 0.413 e. The molecule has 12 rings (SSSR count). The number of esters is 3. The van der Waals surface area contributed by atoms with Gasteiger partial charge in [-0.05, 0) is 269 Å². The Labute approximate surface area is 498 Å². The number of rotatable bonds is 14. The van der Waals surface area contributed by atoms with Gasteiger partial charge in [0.1, 0.15) is 41.5 Å². The van der Waals surface area contributed by atoms with Crippen molar-refractivity contribution in [1.82, 2.24) is 10.6 Å². The number of nitrogens with one attached hydrogen (secondary N) is 2. The lowest BCUT2D eigenvalue weighted by atomic mass is 9.55. The van der Waals surface area contributed by atoms with Gasteiger partial charge in [0.2, 0.25) is 0 Å². The molecular formula is C71H94N2O11. The zero-order valence-corrected chi connectivity index (χ0v) is 51.6. The number of alkyl carbamates (subject to hydrolysis) is 1. The molecule has 6 saturated carbocycles. The minimum absolute atomic E-state index is 0.120. The molecule has 0 radical (unpaired) electrons. The van der Waals surface area contributed by atoms with Crippen molar-refractivity contribution in [2.75, 3.05) is 7.11 Å². The number of amides is 2. The van der Waals surface area contributed by atoms with Crippen molar-refractivity contribution in [3.8, 4) is 17.2 Å². The van der Waals surface area contributed by atoms with Gasteiger partial charge in [0.05, 0.1) is 6.10 Å². The zero-order valence-electron chi connectivity index (χ0n) is 51.6. The molecule has 0 aliphatic heterocycles. The summed E-state index contributed by atoms with van der Waals surface area (Å²) in [5.74, 6) is 5.06. The molecule has 6 fully saturated rings. The Morgan fingerprint density at radius 1 is 0.476 bits per heavy atom. The van der Waals surface area contributed by atoms with Crippen molar-refractivity contribution in [1.29, 1.82) is 0 Å². The number of fused-ring (bicyclic) bond motifs is 15. The van der Waals surface area contributed by atoms with E-state index in [0.29, 0.717) is 89.5 Å². The van der Waals surface area contributed by atoms with E-state index in [-0.39, 0.29) is 52.2 Å². The van der Waals surface area contributed by atoms with E-state index in [9.17, 15) is 24.0 Å². The minimum Gasteiger partial charge on any atom is -0.460 e. The van der Waals surface area contributed by atoms with Gasteiger partial charge in [0.15, 0.2) is 0 Å². The fourth-order valence-electron chi connectivity index (χ4n) is 20.0. The summed E-state index contributed by atoms with van der Waals surface area (Å²) >= 11 is 0. The van der Waals surface area contributed by atoms with Gasteiger partial charge in [-0.25, -0.2) is 19.2 Å². The quantitative estimate of drug-likeness (QED) is 0.117. The molecule has 13 heteroatoms. The van der Waals surface area contributed by atoms with E-state index < -0.39 is 30.2 Å². The fourth-order valence-corrected chi connectivity index (χ4v) is 20.0.